The zero-order chi connectivity index (χ0) is 16.0. The predicted octanol–water partition coefficient (Wildman–Crippen LogP) is 2.73. The maximum Gasteiger partial charge on any atom is 0.156 e. The lowest BCUT2D eigenvalue weighted by atomic mass is 9.91. The van der Waals surface area contributed by atoms with E-state index < -0.39 is 0 Å². The topological polar surface area (TPSA) is 49.9 Å². The maximum atomic E-state index is 13.4. The zero-order valence-corrected chi connectivity index (χ0v) is 12.7. The normalized spacial score (nSPS) is 15.6. The summed E-state index contributed by atoms with van der Waals surface area (Å²) in [6.45, 7) is 0. The molecule has 4 rings (SSSR count). The van der Waals surface area contributed by atoms with Crippen LogP contribution in [0.25, 0.3) is 11.3 Å². The lowest BCUT2D eigenvalue weighted by Gasteiger charge is -2.10. The summed E-state index contributed by atoms with van der Waals surface area (Å²) in [7, 11) is 7.59. The van der Waals surface area contributed by atoms with Crippen LogP contribution in [0.5, 0.6) is 5.75 Å². The van der Waals surface area contributed by atoms with Crippen LogP contribution in [0.4, 0.5) is 10.2 Å². The zero-order valence-electron chi connectivity index (χ0n) is 12.7. The van der Waals surface area contributed by atoms with E-state index in [-0.39, 0.29) is 5.83 Å². The molecule has 2 aromatic rings. The number of nitrogens with one attached hydrogen (secondary N) is 2. The van der Waals surface area contributed by atoms with E-state index in [1.54, 1.807) is 7.11 Å². The lowest BCUT2D eigenvalue weighted by molar-refractivity contribution is 0.418. The lowest BCUT2D eigenvalue weighted by Crippen LogP contribution is -2.08. The van der Waals surface area contributed by atoms with Crippen molar-refractivity contribution in [3.05, 3.63) is 46.9 Å². The van der Waals surface area contributed by atoms with Crippen LogP contribution in [-0.2, 0) is 6.42 Å². The number of rotatable bonds is 3. The molecule has 1 heterocycles. The number of hydrogen-bond acceptors (Lipinski definition) is 3. The fourth-order valence-electron chi connectivity index (χ4n) is 3.14. The van der Waals surface area contributed by atoms with Crippen molar-refractivity contribution in [3.8, 4) is 17.0 Å². The van der Waals surface area contributed by atoms with Crippen molar-refractivity contribution >= 4 is 19.1 Å². The number of methoxy groups -OCH3 is 1. The van der Waals surface area contributed by atoms with Crippen LogP contribution in [-0.4, -0.2) is 25.2 Å². The third kappa shape index (κ3) is 2.34. The van der Waals surface area contributed by atoms with Gasteiger partial charge in [0.2, 0.25) is 0 Å². The number of anilines is 1. The molecule has 2 N–H and O–H groups in total. The number of halogens is 1. The van der Waals surface area contributed by atoms with Gasteiger partial charge in [-0.05, 0) is 24.1 Å². The first-order chi connectivity index (χ1) is 11.2. The van der Waals surface area contributed by atoms with Crippen LogP contribution in [0, 0.1) is 0 Å². The Hall–Kier alpha value is -2.50. The van der Waals surface area contributed by atoms with Gasteiger partial charge in [0, 0.05) is 29.7 Å². The largest absolute Gasteiger partial charge is 0.497 e. The number of allylic oxidation sites excluding steroid dienone is 3. The summed E-state index contributed by atoms with van der Waals surface area (Å²) in [5.41, 5.74) is 5.57. The molecule has 0 saturated heterocycles. The van der Waals surface area contributed by atoms with Gasteiger partial charge in [0.1, 0.15) is 19.4 Å². The Kier molecular flexibility index (Phi) is 3.25. The van der Waals surface area contributed by atoms with Crippen LogP contribution in [0.15, 0.2) is 35.8 Å². The summed E-state index contributed by atoms with van der Waals surface area (Å²) in [4.78, 5) is 0. The molecule has 6 heteroatoms. The minimum absolute atomic E-state index is 0.108. The van der Waals surface area contributed by atoms with Crippen molar-refractivity contribution < 1.29 is 9.13 Å². The van der Waals surface area contributed by atoms with E-state index in [0.717, 1.165) is 40.3 Å². The van der Waals surface area contributed by atoms with Crippen molar-refractivity contribution in [2.45, 2.75) is 19.3 Å². The second-order valence-electron chi connectivity index (χ2n) is 5.77. The highest BCUT2D eigenvalue weighted by Crippen LogP contribution is 2.40. The monoisotopic (exact) mass is 307 g/mol. The van der Waals surface area contributed by atoms with Gasteiger partial charge in [-0.1, -0.05) is 17.6 Å². The van der Waals surface area contributed by atoms with Crippen LogP contribution in [0.1, 0.15) is 24.0 Å². The van der Waals surface area contributed by atoms with E-state index in [9.17, 15) is 4.39 Å². The molecule has 2 aliphatic carbocycles. The SMILES string of the molecule is [B]c1cc2c(cc1OC)-c1[nH]nc(NC3=CCCC(F)=C3)c1C2. The van der Waals surface area contributed by atoms with Crippen molar-refractivity contribution in [2.75, 3.05) is 12.4 Å². The maximum absolute atomic E-state index is 13.4. The minimum atomic E-state index is -0.108. The third-order valence-electron chi connectivity index (χ3n) is 4.28. The van der Waals surface area contributed by atoms with Gasteiger partial charge in [0.05, 0.1) is 12.8 Å². The predicted molar refractivity (Wildman–Crippen MR) is 88.9 cm³/mol. The van der Waals surface area contributed by atoms with Crippen molar-refractivity contribution in [3.63, 3.8) is 0 Å². The number of aromatic amines is 1. The van der Waals surface area contributed by atoms with Gasteiger partial charge in [-0.15, -0.1) is 0 Å². The summed E-state index contributed by atoms with van der Waals surface area (Å²) in [5, 5.41) is 10.6. The molecule has 23 heavy (non-hydrogen) atoms. The molecule has 0 amide bonds. The smallest absolute Gasteiger partial charge is 0.156 e. The molecule has 0 bridgehead atoms. The Bertz CT molecular complexity index is 854. The standard InChI is InChI=1S/C17H15BFN3O/c1-23-15-8-12-9(6-14(15)18)5-13-16(12)21-22-17(13)20-11-4-2-3-10(19)7-11/h4,6-8H,2-3,5H2,1H3,(H2,20,21,22). The summed E-state index contributed by atoms with van der Waals surface area (Å²) < 4.78 is 18.7. The van der Waals surface area contributed by atoms with Crippen LogP contribution < -0.4 is 15.5 Å². The Balaban J connectivity index is 1.68. The number of benzene rings is 1. The molecule has 2 aliphatic rings. The van der Waals surface area contributed by atoms with E-state index >= 15 is 0 Å². The Morgan fingerprint density at radius 2 is 2.26 bits per heavy atom. The van der Waals surface area contributed by atoms with Gasteiger partial charge in [0.25, 0.3) is 0 Å². The highest BCUT2D eigenvalue weighted by molar-refractivity contribution is 6.34. The average molecular weight is 307 g/mol. The van der Waals surface area contributed by atoms with E-state index in [1.807, 2.05) is 18.2 Å². The first kappa shape index (κ1) is 14.1. The van der Waals surface area contributed by atoms with Gasteiger partial charge >= 0.3 is 0 Å². The number of nitrogens with zero attached hydrogens (tertiary/aromatic N) is 1. The van der Waals surface area contributed by atoms with Crippen molar-refractivity contribution in [1.29, 1.82) is 0 Å². The molecule has 4 nitrogen and oxygen atoms in total. The van der Waals surface area contributed by atoms with Crippen LogP contribution in [0.3, 0.4) is 0 Å². The molecular weight excluding hydrogens is 292 g/mol. The van der Waals surface area contributed by atoms with Gasteiger partial charge in [-0.2, -0.15) is 5.10 Å². The van der Waals surface area contributed by atoms with E-state index in [0.29, 0.717) is 24.1 Å². The van der Waals surface area contributed by atoms with E-state index in [4.69, 9.17) is 12.6 Å². The summed E-state index contributed by atoms with van der Waals surface area (Å²) in [6, 6.07) is 3.86. The molecule has 0 fully saturated rings. The molecule has 0 unspecified atom stereocenters. The van der Waals surface area contributed by atoms with E-state index in [2.05, 4.69) is 15.5 Å². The highest BCUT2D eigenvalue weighted by Gasteiger charge is 2.26. The Labute approximate surface area is 134 Å². The fraction of sp³-hybridized carbons (Fsp3) is 0.235. The quantitative estimate of drug-likeness (QED) is 0.732. The third-order valence-corrected chi connectivity index (χ3v) is 4.28. The molecule has 1 aromatic carbocycles. The van der Waals surface area contributed by atoms with Gasteiger partial charge in [0.15, 0.2) is 5.82 Å². The minimum Gasteiger partial charge on any atom is -0.497 e. The molecule has 0 aliphatic heterocycles. The highest BCUT2D eigenvalue weighted by atomic mass is 19.1. The first-order valence-electron chi connectivity index (χ1n) is 7.53. The summed E-state index contributed by atoms with van der Waals surface area (Å²) >= 11 is 0. The molecular formula is C17H15BFN3O. The number of H-pyrrole nitrogens is 1. The van der Waals surface area contributed by atoms with Crippen molar-refractivity contribution in [1.82, 2.24) is 10.2 Å². The van der Waals surface area contributed by atoms with Gasteiger partial charge in [-0.25, -0.2) is 4.39 Å². The van der Waals surface area contributed by atoms with Gasteiger partial charge in [-0.3, -0.25) is 5.10 Å². The number of fused-ring (bicyclic) bond motifs is 3. The Morgan fingerprint density at radius 3 is 3.04 bits per heavy atom. The Morgan fingerprint density at radius 1 is 1.39 bits per heavy atom. The molecule has 1 aromatic heterocycles. The van der Waals surface area contributed by atoms with Crippen molar-refractivity contribution in [2.24, 2.45) is 0 Å². The van der Waals surface area contributed by atoms with Gasteiger partial charge < -0.3 is 10.1 Å². The molecule has 0 saturated carbocycles. The van der Waals surface area contributed by atoms with Crippen LogP contribution in [0.2, 0.25) is 0 Å². The fourth-order valence-corrected chi connectivity index (χ4v) is 3.14. The summed E-state index contributed by atoms with van der Waals surface area (Å²) in [5.74, 6) is 1.27. The second kappa shape index (κ2) is 5.30. The molecule has 2 radical (unpaired) electrons. The number of hydrogen-bond donors (Lipinski definition) is 2. The van der Waals surface area contributed by atoms with Crippen LogP contribution >= 0.6 is 0 Å². The number of aromatic nitrogens is 2. The first-order valence-corrected chi connectivity index (χ1v) is 7.53. The second-order valence-corrected chi connectivity index (χ2v) is 5.77. The number of ether oxygens (including phenoxy) is 1. The molecule has 0 atom stereocenters. The molecule has 114 valence electrons. The van der Waals surface area contributed by atoms with E-state index in [1.165, 1.54) is 6.08 Å². The molecule has 0 spiro atoms. The average Bonchev–Trinajstić information content (AvgIpc) is 3.06. The summed E-state index contributed by atoms with van der Waals surface area (Å²) in [6.07, 6.45) is 5.40.